The maximum Gasteiger partial charge on any atom is 0.410 e. The first-order valence-electron chi connectivity index (χ1n) is 9.61. The van der Waals surface area contributed by atoms with Crippen molar-refractivity contribution >= 4 is 23.7 Å². The molecule has 0 saturated carbocycles. The highest BCUT2D eigenvalue weighted by atomic mass is 35.5. The normalized spacial score (nSPS) is 19.0. The van der Waals surface area contributed by atoms with Crippen LogP contribution in [0.1, 0.15) is 47.3 Å². The van der Waals surface area contributed by atoms with Gasteiger partial charge >= 0.3 is 12.1 Å². The van der Waals surface area contributed by atoms with Crippen LogP contribution in [0.5, 0.6) is 0 Å². The lowest BCUT2D eigenvalue weighted by Gasteiger charge is -2.39. The van der Waals surface area contributed by atoms with Gasteiger partial charge in [0.1, 0.15) is 6.61 Å². The molecular formula is C22H24ClNO5. The number of piperidine rings is 1. The molecule has 2 aromatic carbocycles. The first-order chi connectivity index (χ1) is 14.0. The third-order valence-corrected chi connectivity index (χ3v) is 5.33. The minimum absolute atomic E-state index is 0.00149. The van der Waals surface area contributed by atoms with Gasteiger partial charge in [-0.1, -0.05) is 48.0 Å². The quantitative estimate of drug-likeness (QED) is 0.722. The molecule has 0 radical (unpaired) electrons. The Kier molecular flexibility index (Phi) is 7.12. The van der Waals surface area contributed by atoms with Gasteiger partial charge in [0.25, 0.3) is 0 Å². The lowest BCUT2D eigenvalue weighted by Crippen LogP contribution is -2.43. The van der Waals surface area contributed by atoms with Crippen molar-refractivity contribution in [1.29, 1.82) is 0 Å². The number of aromatic carboxylic acids is 1. The summed E-state index contributed by atoms with van der Waals surface area (Å²) in [4.78, 5) is 25.7. The molecule has 2 aromatic rings. The lowest BCUT2D eigenvalue weighted by atomic mass is 9.93. The Balaban J connectivity index is 1.80. The Morgan fingerprint density at radius 2 is 1.97 bits per heavy atom. The molecule has 1 saturated heterocycles. The van der Waals surface area contributed by atoms with Crippen LogP contribution in [-0.2, 0) is 16.1 Å². The van der Waals surface area contributed by atoms with Gasteiger partial charge < -0.3 is 19.5 Å². The van der Waals surface area contributed by atoms with Crippen molar-refractivity contribution in [3.8, 4) is 0 Å². The van der Waals surface area contributed by atoms with E-state index in [1.54, 1.807) is 11.0 Å². The number of hydrogen-bond acceptors (Lipinski definition) is 4. The van der Waals surface area contributed by atoms with E-state index in [1.807, 2.05) is 37.3 Å². The molecule has 1 heterocycles. The fraction of sp³-hybridized carbons (Fsp3) is 0.364. The predicted molar refractivity (Wildman–Crippen MR) is 109 cm³/mol. The second-order valence-corrected chi connectivity index (χ2v) is 7.30. The Bertz CT molecular complexity index is 858. The molecule has 1 aliphatic rings. The van der Waals surface area contributed by atoms with E-state index in [0.717, 1.165) is 5.56 Å². The highest BCUT2D eigenvalue weighted by Crippen LogP contribution is 2.37. The van der Waals surface area contributed by atoms with Gasteiger partial charge in [0.15, 0.2) is 0 Å². The van der Waals surface area contributed by atoms with Crippen molar-refractivity contribution in [2.75, 3.05) is 13.2 Å². The van der Waals surface area contributed by atoms with Gasteiger partial charge in [-0.05, 0) is 43.0 Å². The second-order valence-electron chi connectivity index (χ2n) is 6.89. The number of carbonyl (C=O) groups is 2. The maximum atomic E-state index is 12.8. The first-order valence-corrected chi connectivity index (χ1v) is 9.99. The molecule has 2 unspecified atom stereocenters. The number of carboxylic acid groups (broad SMARTS) is 1. The molecule has 29 heavy (non-hydrogen) atoms. The van der Waals surface area contributed by atoms with E-state index in [2.05, 4.69) is 0 Å². The molecule has 1 fully saturated rings. The molecule has 0 aliphatic carbocycles. The summed E-state index contributed by atoms with van der Waals surface area (Å²) < 4.78 is 11.3. The fourth-order valence-corrected chi connectivity index (χ4v) is 3.87. The third-order valence-electron chi connectivity index (χ3n) is 5.00. The summed E-state index contributed by atoms with van der Waals surface area (Å²) >= 11 is 6.39. The van der Waals surface area contributed by atoms with Crippen molar-refractivity contribution in [3.63, 3.8) is 0 Å². The van der Waals surface area contributed by atoms with E-state index in [0.29, 0.717) is 36.6 Å². The molecule has 3 rings (SSSR count). The fourth-order valence-electron chi connectivity index (χ4n) is 3.57. The van der Waals surface area contributed by atoms with Crippen LogP contribution in [0.15, 0.2) is 48.5 Å². The second kappa shape index (κ2) is 9.76. The number of rotatable bonds is 6. The molecule has 2 atom stereocenters. The summed E-state index contributed by atoms with van der Waals surface area (Å²) in [6.07, 6.45) is 0.848. The van der Waals surface area contributed by atoms with E-state index in [4.69, 9.17) is 21.1 Å². The topological polar surface area (TPSA) is 76.1 Å². The minimum atomic E-state index is -1.05. The van der Waals surface area contributed by atoms with Crippen LogP contribution < -0.4 is 0 Å². The number of nitrogens with zero attached hydrogens (tertiary/aromatic N) is 1. The van der Waals surface area contributed by atoms with Crippen molar-refractivity contribution in [2.45, 2.75) is 38.5 Å². The smallest absolute Gasteiger partial charge is 0.410 e. The number of carboxylic acids is 1. The zero-order valence-electron chi connectivity index (χ0n) is 16.2. The van der Waals surface area contributed by atoms with Gasteiger partial charge in [-0.3, -0.25) is 0 Å². The summed E-state index contributed by atoms with van der Waals surface area (Å²) in [6, 6.07) is 13.7. The van der Waals surface area contributed by atoms with Crippen LogP contribution in [0.25, 0.3) is 0 Å². The number of benzene rings is 2. The number of carbonyl (C=O) groups excluding carboxylic acids is 1. The molecule has 0 bridgehead atoms. The van der Waals surface area contributed by atoms with Gasteiger partial charge in [0, 0.05) is 18.2 Å². The molecular weight excluding hydrogens is 394 g/mol. The van der Waals surface area contributed by atoms with Crippen LogP contribution >= 0.6 is 11.6 Å². The molecule has 7 heteroatoms. The van der Waals surface area contributed by atoms with Crippen molar-refractivity contribution in [1.82, 2.24) is 4.90 Å². The van der Waals surface area contributed by atoms with Gasteiger partial charge in [0.2, 0.25) is 0 Å². The number of amides is 1. The van der Waals surface area contributed by atoms with Gasteiger partial charge in [0.05, 0.1) is 17.7 Å². The average molecular weight is 418 g/mol. The van der Waals surface area contributed by atoms with Crippen LogP contribution in [0, 0.1) is 0 Å². The Hall–Kier alpha value is -2.57. The van der Waals surface area contributed by atoms with E-state index in [9.17, 15) is 14.7 Å². The molecule has 0 spiro atoms. The van der Waals surface area contributed by atoms with Crippen molar-refractivity contribution in [3.05, 3.63) is 70.2 Å². The molecule has 1 aliphatic heterocycles. The molecule has 1 N–H and O–H groups in total. The third kappa shape index (κ3) is 5.28. The van der Waals surface area contributed by atoms with Crippen molar-refractivity contribution in [2.24, 2.45) is 0 Å². The average Bonchev–Trinajstić information content (AvgIpc) is 2.73. The molecule has 154 valence electrons. The predicted octanol–water partition coefficient (Wildman–Crippen LogP) is 4.92. The van der Waals surface area contributed by atoms with Gasteiger partial charge in [-0.15, -0.1) is 0 Å². The Morgan fingerprint density at radius 1 is 1.21 bits per heavy atom. The summed E-state index contributed by atoms with van der Waals surface area (Å²) in [5.41, 5.74) is 1.71. The molecule has 0 aromatic heterocycles. The van der Waals surface area contributed by atoms with E-state index >= 15 is 0 Å². The monoisotopic (exact) mass is 417 g/mol. The maximum absolute atomic E-state index is 12.8. The minimum Gasteiger partial charge on any atom is -0.478 e. The lowest BCUT2D eigenvalue weighted by molar-refractivity contribution is -0.0125. The summed E-state index contributed by atoms with van der Waals surface area (Å²) in [5, 5.41) is 9.49. The summed E-state index contributed by atoms with van der Waals surface area (Å²) in [7, 11) is 0. The highest BCUT2D eigenvalue weighted by Gasteiger charge is 2.35. The zero-order valence-corrected chi connectivity index (χ0v) is 17.0. The van der Waals surface area contributed by atoms with Gasteiger partial charge in [-0.2, -0.15) is 0 Å². The largest absolute Gasteiger partial charge is 0.478 e. The molecule has 6 nitrogen and oxygen atoms in total. The van der Waals surface area contributed by atoms with E-state index in [-0.39, 0.29) is 24.3 Å². The highest BCUT2D eigenvalue weighted by molar-refractivity contribution is 6.31. The Morgan fingerprint density at radius 3 is 2.62 bits per heavy atom. The van der Waals surface area contributed by atoms with Crippen LogP contribution in [0.4, 0.5) is 4.79 Å². The van der Waals surface area contributed by atoms with Crippen LogP contribution in [0.2, 0.25) is 5.02 Å². The summed E-state index contributed by atoms with van der Waals surface area (Å²) in [5.74, 6) is -1.05. The SMILES string of the molecule is CCOC1CCN(C(=O)OCc2ccccc2)C(c2ccc(C(=O)O)cc2Cl)C1. The molecule has 1 amide bonds. The summed E-state index contributed by atoms with van der Waals surface area (Å²) in [6.45, 7) is 3.18. The van der Waals surface area contributed by atoms with Crippen molar-refractivity contribution < 1.29 is 24.2 Å². The Labute approximate surface area is 175 Å². The van der Waals surface area contributed by atoms with E-state index in [1.165, 1.54) is 12.1 Å². The number of hydrogen-bond donors (Lipinski definition) is 1. The number of likely N-dealkylation sites (tertiary alicyclic amines) is 1. The standard InChI is InChI=1S/C22H24ClNO5/c1-2-28-17-10-11-24(22(27)29-14-15-6-4-3-5-7-15)20(13-17)18-9-8-16(21(25)26)12-19(18)23/h3-9,12,17,20H,2,10-11,13-14H2,1H3,(H,25,26). The van der Waals surface area contributed by atoms with E-state index < -0.39 is 12.1 Å². The number of halogens is 1. The first kappa shape index (κ1) is 21.1. The van der Waals surface area contributed by atoms with Crippen LogP contribution in [0.3, 0.4) is 0 Å². The number of ether oxygens (including phenoxy) is 2. The van der Waals surface area contributed by atoms with Gasteiger partial charge in [-0.25, -0.2) is 9.59 Å². The zero-order chi connectivity index (χ0) is 20.8. The van der Waals surface area contributed by atoms with Crippen LogP contribution in [-0.4, -0.2) is 41.3 Å².